The molecule has 2 aromatic heterocycles. The molecule has 0 bridgehead atoms. The van der Waals surface area contributed by atoms with Gasteiger partial charge in [0.15, 0.2) is 5.60 Å². The minimum atomic E-state index is -1.88. The average molecular weight is 480 g/mol. The van der Waals surface area contributed by atoms with Gasteiger partial charge in [0.1, 0.15) is 12.4 Å². The molecule has 184 valence electrons. The third kappa shape index (κ3) is 3.67. The fourth-order valence-corrected chi connectivity index (χ4v) is 5.23. The molecule has 0 saturated heterocycles. The quantitative estimate of drug-likeness (QED) is 0.325. The topological polar surface area (TPSA) is 93.5 Å². The molecule has 0 spiro atoms. The van der Waals surface area contributed by atoms with Crippen LogP contribution in [0.25, 0.3) is 22.3 Å². The lowest BCUT2D eigenvalue weighted by molar-refractivity contribution is -0.172. The van der Waals surface area contributed by atoms with Crippen LogP contribution < -0.4 is 10.9 Å². The van der Waals surface area contributed by atoms with Crippen LogP contribution in [0, 0.1) is 12.7 Å². The lowest BCUT2D eigenvalue weighted by Crippen LogP contribution is -2.44. The first-order valence-electron chi connectivity index (χ1n) is 12.2. The second kappa shape index (κ2) is 8.53. The number of hydrogen-bond donors (Lipinski definition) is 2. The summed E-state index contributed by atoms with van der Waals surface area (Å²) in [4.78, 5) is 30.7. The number of aryl methyl sites for hydroxylation is 2. The summed E-state index contributed by atoms with van der Waals surface area (Å²) in [6, 6.07) is 5.35. The Morgan fingerprint density at radius 2 is 2.03 bits per heavy atom. The molecule has 35 heavy (non-hydrogen) atoms. The highest BCUT2D eigenvalue weighted by molar-refractivity contribution is 5.89. The monoisotopic (exact) mass is 479 g/mol. The van der Waals surface area contributed by atoms with Crippen molar-refractivity contribution in [3.63, 3.8) is 0 Å². The van der Waals surface area contributed by atoms with E-state index < -0.39 is 11.6 Å². The summed E-state index contributed by atoms with van der Waals surface area (Å²) in [5.41, 5.74) is 2.59. The van der Waals surface area contributed by atoms with Gasteiger partial charge in [0.25, 0.3) is 5.56 Å². The van der Waals surface area contributed by atoms with E-state index in [0.29, 0.717) is 40.6 Å². The van der Waals surface area contributed by atoms with Crippen LogP contribution in [0.15, 0.2) is 23.0 Å². The van der Waals surface area contributed by atoms with E-state index in [1.54, 1.807) is 24.5 Å². The summed E-state index contributed by atoms with van der Waals surface area (Å²) in [7, 11) is 0. The van der Waals surface area contributed by atoms with E-state index in [9.17, 15) is 19.1 Å². The number of fused-ring (bicyclic) bond motifs is 5. The Bertz CT molecular complexity index is 1430. The van der Waals surface area contributed by atoms with Gasteiger partial charge in [0.2, 0.25) is 0 Å². The average Bonchev–Trinajstić information content (AvgIpc) is 3.18. The van der Waals surface area contributed by atoms with Crippen LogP contribution in [0.1, 0.15) is 61.4 Å². The number of benzene rings is 1. The maximum Gasteiger partial charge on any atom is 0.343 e. The summed E-state index contributed by atoms with van der Waals surface area (Å²) < 4.78 is 21.3. The van der Waals surface area contributed by atoms with E-state index in [1.165, 1.54) is 6.07 Å². The number of cyclic esters (lactones) is 1. The van der Waals surface area contributed by atoms with Gasteiger partial charge in [-0.2, -0.15) is 0 Å². The predicted molar refractivity (Wildman–Crippen MR) is 131 cm³/mol. The zero-order valence-electron chi connectivity index (χ0n) is 20.5. The van der Waals surface area contributed by atoms with E-state index in [4.69, 9.17) is 9.72 Å². The van der Waals surface area contributed by atoms with Gasteiger partial charge in [0.05, 0.1) is 29.0 Å². The zero-order chi connectivity index (χ0) is 25.1. The third-order valence-electron chi connectivity index (χ3n) is 7.24. The van der Waals surface area contributed by atoms with Crippen LogP contribution in [0.5, 0.6) is 0 Å². The first kappa shape index (κ1) is 23.6. The smallest absolute Gasteiger partial charge is 0.343 e. The van der Waals surface area contributed by atoms with Gasteiger partial charge in [-0.05, 0) is 56.0 Å². The summed E-state index contributed by atoms with van der Waals surface area (Å²) in [6.07, 6.45) is 1.70. The number of rotatable bonds is 6. The van der Waals surface area contributed by atoms with Crippen molar-refractivity contribution >= 4 is 16.9 Å². The zero-order valence-corrected chi connectivity index (χ0v) is 20.5. The van der Waals surface area contributed by atoms with Crippen LogP contribution in [0.3, 0.4) is 0 Å². The van der Waals surface area contributed by atoms with Crippen molar-refractivity contribution in [1.29, 1.82) is 0 Å². The van der Waals surface area contributed by atoms with Crippen LogP contribution in [-0.4, -0.2) is 33.2 Å². The minimum absolute atomic E-state index is 0.0817. The van der Waals surface area contributed by atoms with Gasteiger partial charge in [-0.3, -0.25) is 4.79 Å². The van der Waals surface area contributed by atoms with E-state index in [0.717, 1.165) is 35.9 Å². The number of nitrogens with zero attached hydrogens (tertiary/aromatic N) is 2. The van der Waals surface area contributed by atoms with E-state index in [1.807, 2.05) is 6.07 Å². The Morgan fingerprint density at radius 1 is 1.26 bits per heavy atom. The molecule has 4 heterocycles. The molecule has 1 atom stereocenters. The van der Waals surface area contributed by atoms with E-state index >= 15 is 0 Å². The first-order valence-corrected chi connectivity index (χ1v) is 12.2. The maximum atomic E-state index is 14.5. The first-order chi connectivity index (χ1) is 16.7. The number of aliphatic hydroxyl groups is 1. The maximum absolute atomic E-state index is 14.5. The lowest BCUT2D eigenvalue weighted by Gasteiger charge is -2.31. The van der Waals surface area contributed by atoms with Crippen molar-refractivity contribution in [2.45, 2.75) is 71.8 Å². The van der Waals surface area contributed by atoms with Crippen LogP contribution in [-0.2, 0) is 34.7 Å². The number of halogens is 1. The van der Waals surface area contributed by atoms with Crippen molar-refractivity contribution < 1.29 is 19.0 Å². The molecule has 8 heteroatoms. The number of carbonyl (C=O) groups excluding carboxylic acids is 1. The Balaban J connectivity index is 1.71. The number of ether oxygens (including phenoxy) is 1. The van der Waals surface area contributed by atoms with Crippen molar-refractivity contribution in [3.8, 4) is 11.4 Å². The summed E-state index contributed by atoms with van der Waals surface area (Å²) in [5.74, 6) is -1.08. The van der Waals surface area contributed by atoms with Gasteiger partial charge in [-0.15, -0.1) is 0 Å². The van der Waals surface area contributed by atoms with Crippen LogP contribution in [0.2, 0.25) is 0 Å². The molecule has 7 nitrogen and oxygen atoms in total. The second-order valence-corrected chi connectivity index (χ2v) is 9.85. The summed E-state index contributed by atoms with van der Waals surface area (Å²) in [5, 5.41) is 15.4. The second-order valence-electron chi connectivity index (χ2n) is 9.85. The molecule has 0 radical (unpaired) electrons. The highest BCUT2D eigenvalue weighted by atomic mass is 19.1. The lowest BCUT2D eigenvalue weighted by atomic mass is 9.86. The Morgan fingerprint density at radius 3 is 2.74 bits per heavy atom. The van der Waals surface area contributed by atoms with E-state index in [2.05, 4.69) is 19.2 Å². The molecule has 0 aliphatic carbocycles. The fraction of sp³-hybridized carbons (Fsp3) is 0.444. The van der Waals surface area contributed by atoms with Gasteiger partial charge in [-0.25, -0.2) is 14.2 Å². The largest absolute Gasteiger partial charge is 0.458 e. The highest BCUT2D eigenvalue weighted by Gasteiger charge is 2.45. The summed E-state index contributed by atoms with van der Waals surface area (Å²) in [6.45, 7) is 8.61. The predicted octanol–water partition coefficient (Wildman–Crippen LogP) is 3.46. The molecule has 5 rings (SSSR count). The standard InChI is InChI=1S/C27H30FN3O4/c1-5-27(34)20-10-23-24-18(12-31(23)25(32)19(20)13-35-26(27)33)16(7-6-8-29-14(2)3)17-9-15(4)21(28)11-22(17)30-24/h9-11,14,29,34H,5-8,12-13H2,1-4H3/t27-/m0/s1. The van der Waals surface area contributed by atoms with E-state index in [-0.39, 0.29) is 30.0 Å². The molecule has 2 aliphatic rings. The van der Waals surface area contributed by atoms with Crippen molar-refractivity contribution in [1.82, 2.24) is 14.9 Å². The minimum Gasteiger partial charge on any atom is -0.458 e. The molecule has 2 N–H and O–H groups in total. The van der Waals surface area contributed by atoms with Gasteiger partial charge >= 0.3 is 5.97 Å². The molecule has 2 aliphatic heterocycles. The number of hydrogen-bond acceptors (Lipinski definition) is 6. The normalized spacial score (nSPS) is 18.5. The number of pyridine rings is 2. The third-order valence-corrected chi connectivity index (χ3v) is 7.24. The van der Waals surface area contributed by atoms with Gasteiger partial charge in [0, 0.05) is 28.6 Å². The molecule has 0 saturated carbocycles. The van der Waals surface area contributed by atoms with Gasteiger partial charge < -0.3 is 19.7 Å². The number of carbonyl (C=O) groups is 1. The Hall–Kier alpha value is -3.10. The molecule has 1 aromatic carbocycles. The van der Waals surface area contributed by atoms with Crippen LogP contribution in [0.4, 0.5) is 4.39 Å². The molecular weight excluding hydrogens is 449 g/mol. The van der Waals surface area contributed by atoms with Crippen molar-refractivity contribution in [2.24, 2.45) is 0 Å². The molecule has 0 fully saturated rings. The fourth-order valence-electron chi connectivity index (χ4n) is 5.23. The Kier molecular flexibility index (Phi) is 5.76. The molecule has 3 aromatic rings. The number of esters is 1. The Labute approximate surface area is 202 Å². The molecule has 0 unspecified atom stereocenters. The summed E-state index contributed by atoms with van der Waals surface area (Å²) >= 11 is 0. The van der Waals surface area contributed by atoms with Crippen molar-refractivity contribution in [2.75, 3.05) is 6.54 Å². The SMILES string of the molecule is CC[C@@]1(O)C(=O)OCc2c1cc1n(c2=O)Cc2c-1nc1cc(F)c(C)cc1c2CCCNC(C)C. The molecular formula is C27H30FN3O4. The molecule has 0 amide bonds. The number of aromatic nitrogens is 2. The van der Waals surface area contributed by atoms with Crippen LogP contribution >= 0.6 is 0 Å². The van der Waals surface area contributed by atoms with Crippen molar-refractivity contribution in [3.05, 3.63) is 62.2 Å². The highest BCUT2D eigenvalue weighted by Crippen LogP contribution is 2.40. The number of nitrogens with one attached hydrogen (secondary N) is 1. The van der Waals surface area contributed by atoms with Gasteiger partial charge in [-0.1, -0.05) is 20.8 Å².